The molecule has 9 heteroatoms. The molecule has 1 aromatic heterocycles. The normalized spacial score (nSPS) is 15.4. The summed E-state index contributed by atoms with van der Waals surface area (Å²) in [6, 6.07) is 15.0. The fourth-order valence-electron chi connectivity index (χ4n) is 4.05. The summed E-state index contributed by atoms with van der Waals surface area (Å²) in [7, 11) is -2.24. The summed E-state index contributed by atoms with van der Waals surface area (Å²) in [4.78, 5) is 12.8. The Kier molecular flexibility index (Phi) is 7.37. The van der Waals surface area contributed by atoms with Crippen LogP contribution in [0, 0.1) is 19.8 Å². The summed E-state index contributed by atoms with van der Waals surface area (Å²) in [5.41, 5.74) is 3.06. The zero-order valence-corrected chi connectivity index (χ0v) is 20.8. The number of amides is 1. The average Bonchev–Trinajstić information content (AvgIpc) is 3.25. The molecule has 0 unspecified atom stereocenters. The highest BCUT2D eigenvalue weighted by Gasteiger charge is 2.35. The van der Waals surface area contributed by atoms with Gasteiger partial charge in [-0.2, -0.15) is 4.31 Å². The van der Waals surface area contributed by atoms with E-state index in [-0.39, 0.29) is 35.6 Å². The summed E-state index contributed by atoms with van der Waals surface area (Å²) in [6.45, 7) is 4.11. The quantitative estimate of drug-likeness (QED) is 0.518. The summed E-state index contributed by atoms with van der Waals surface area (Å²) < 4.78 is 38.8. The number of aromatic nitrogens is 1. The van der Waals surface area contributed by atoms with Crippen LogP contribution in [0.4, 0.5) is 5.69 Å². The van der Waals surface area contributed by atoms with Crippen molar-refractivity contribution >= 4 is 33.8 Å². The van der Waals surface area contributed by atoms with E-state index in [4.69, 9.17) is 9.26 Å². The summed E-state index contributed by atoms with van der Waals surface area (Å²) in [6.07, 6.45) is 4.29. The van der Waals surface area contributed by atoms with Crippen LogP contribution < -0.4 is 10.1 Å². The van der Waals surface area contributed by atoms with Crippen LogP contribution in [0.1, 0.15) is 35.4 Å². The number of anilines is 1. The minimum atomic E-state index is -3.83. The molecule has 1 amide bonds. The molecule has 0 saturated carbocycles. The molecule has 1 aliphatic rings. The smallest absolute Gasteiger partial charge is 0.248 e. The number of benzene rings is 2. The van der Waals surface area contributed by atoms with E-state index >= 15 is 0 Å². The number of piperidine rings is 1. The first-order valence-electron chi connectivity index (χ1n) is 11.4. The zero-order valence-electron chi connectivity index (χ0n) is 20.0. The maximum absolute atomic E-state index is 13.5. The van der Waals surface area contributed by atoms with Crippen molar-refractivity contribution in [3.63, 3.8) is 0 Å². The van der Waals surface area contributed by atoms with Crippen LogP contribution in [0.15, 0.2) is 57.9 Å². The molecule has 0 atom stereocenters. The highest BCUT2D eigenvalue weighted by atomic mass is 32.2. The molecule has 0 bridgehead atoms. The number of nitrogens with one attached hydrogen (secondary N) is 1. The first kappa shape index (κ1) is 24.7. The molecule has 184 valence electrons. The molecule has 3 aromatic rings. The molecule has 1 saturated heterocycles. The van der Waals surface area contributed by atoms with Crippen LogP contribution in [0.5, 0.6) is 5.75 Å². The van der Waals surface area contributed by atoms with E-state index in [9.17, 15) is 13.2 Å². The Bertz CT molecular complexity index is 1300. The lowest BCUT2D eigenvalue weighted by Crippen LogP contribution is -2.41. The molecule has 2 heterocycles. The van der Waals surface area contributed by atoms with Gasteiger partial charge in [0.15, 0.2) is 10.7 Å². The van der Waals surface area contributed by atoms with Gasteiger partial charge in [-0.3, -0.25) is 4.79 Å². The molecule has 35 heavy (non-hydrogen) atoms. The predicted octanol–water partition coefficient (Wildman–Crippen LogP) is 4.51. The van der Waals surface area contributed by atoms with Crippen molar-refractivity contribution < 1.29 is 22.5 Å². The van der Waals surface area contributed by atoms with E-state index in [0.717, 1.165) is 11.1 Å². The van der Waals surface area contributed by atoms with Gasteiger partial charge in [0.2, 0.25) is 15.9 Å². The number of carbonyl (C=O) groups excluding carboxylic acids is 1. The number of hydrogen-bond donors (Lipinski definition) is 1. The first-order valence-corrected chi connectivity index (χ1v) is 12.9. The average molecular weight is 496 g/mol. The van der Waals surface area contributed by atoms with E-state index < -0.39 is 10.0 Å². The molecule has 4 rings (SSSR count). The Balaban J connectivity index is 1.42. The van der Waals surface area contributed by atoms with Crippen LogP contribution in [-0.4, -0.2) is 44.0 Å². The van der Waals surface area contributed by atoms with Crippen molar-refractivity contribution in [2.24, 2.45) is 5.92 Å². The number of carbonyl (C=O) groups is 1. The monoisotopic (exact) mass is 495 g/mol. The van der Waals surface area contributed by atoms with Gasteiger partial charge in [0.1, 0.15) is 11.4 Å². The van der Waals surface area contributed by atoms with Crippen LogP contribution in [0.2, 0.25) is 0 Å². The van der Waals surface area contributed by atoms with Gasteiger partial charge in [-0.1, -0.05) is 41.1 Å². The summed E-state index contributed by atoms with van der Waals surface area (Å²) >= 11 is 0. The van der Waals surface area contributed by atoms with Gasteiger partial charge in [-0.15, -0.1) is 0 Å². The second-order valence-corrected chi connectivity index (χ2v) is 10.5. The third-order valence-electron chi connectivity index (χ3n) is 6.12. The van der Waals surface area contributed by atoms with Crippen LogP contribution in [0.3, 0.4) is 0 Å². The van der Waals surface area contributed by atoms with Crippen molar-refractivity contribution in [1.29, 1.82) is 0 Å². The molecule has 0 spiro atoms. The molecule has 0 radical (unpaired) electrons. The fraction of sp³-hybridized carbons (Fsp3) is 0.308. The Labute approximate surface area is 205 Å². The van der Waals surface area contributed by atoms with Gasteiger partial charge < -0.3 is 14.6 Å². The SMILES string of the molecule is COc1ccc(NC(=O)C2CCN(S(=O)(=O)c3c(C)noc3C=Cc3ccc(C)cc3)CC2)cc1. The largest absolute Gasteiger partial charge is 0.497 e. The van der Waals surface area contributed by atoms with E-state index in [1.54, 1.807) is 50.5 Å². The molecular formula is C26H29N3O5S. The predicted molar refractivity (Wildman–Crippen MR) is 134 cm³/mol. The lowest BCUT2D eigenvalue weighted by atomic mass is 9.97. The topological polar surface area (TPSA) is 102 Å². The van der Waals surface area contributed by atoms with E-state index in [1.807, 2.05) is 31.2 Å². The van der Waals surface area contributed by atoms with Crippen molar-refractivity contribution in [3.05, 3.63) is 71.1 Å². The van der Waals surface area contributed by atoms with Crippen LogP contribution in [-0.2, 0) is 14.8 Å². The van der Waals surface area contributed by atoms with E-state index in [1.165, 1.54) is 4.31 Å². The second kappa shape index (κ2) is 10.5. The zero-order chi connectivity index (χ0) is 25.0. The van der Waals surface area contributed by atoms with Gasteiger partial charge in [-0.05, 0) is 62.6 Å². The highest BCUT2D eigenvalue weighted by molar-refractivity contribution is 7.89. The van der Waals surface area contributed by atoms with Crippen molar-refractivity contribution in [3.8, 4) is 5.75 Å². The summed E-state index contributed by atoms with van der Waals surface area (Å²) in [5, 5.41) is 6.80. The Morgan fingerprint density at radius 3 is 2.34 bits per heavy atom. The number of ether oxygens (including phenoxy) is 1. The molecule has 0 aliphatic carbocycles. The van der Waals surface area contributed by atoms with Gasteiger partial charge in [0.25, 0.3) is 0 Å². The second-order valence-electron chi connectivity index (χ2n) is 8.60. The van der Waals surface area contributed by atoms with Gasteiger partial charge >= 0.3 is 0 Å². The lowest BCUT2D eigenvalue weighted by Gasteiger charge is -2.30. The molecule has 2 aromatic carbocycles. The minimum absolute atomic E-state index is 0.0713. The maximum atomic E-state index is 13.5. The standard InChI is InChI=1S/C26H29N3O5S/c1-18-4-6-20(7-5-18)8-13-24-25(19(2)28-34-24)35(31,32)29-16-14-21(15-17-29)26(30)27-22-9-11-23(33-3)12-10-22/h4-13,21H,14-17H2,1-3H3,(H,27,30). The number of hydrogen-bond acceptors (Lipinski definition) is 6. The number of aryl methyl sites for hydroxylation is 2. The Hall–Kier alpha value is -3.43. The molecule has 8 nitrogen and oxygen atoms in total. The maximum Gasteiger partial charge on any atom is 0.248 e. The van der Waals surface area contributed by atoms with Crippen LogP contribution >= 0.6 is 0 Å². The Morgan fingerprint density at radius 2 is 1.71 bits per heavy atom. The number of rotatable bonds is 7. The van der Waals surface area contributed by atoms with Crippen molar-refractivity contribution in [1.82, 2.24) is 9.46 Å². The Morgan fingerprint density at radius 1 is 1.06 bits per heavy atom. The fourth-order valence-corrected chi connectivity index (χ4v) is 5.77. The van der Waals surface area contributed by atoms with Gasteiger partial charge in [-0.25, -0.2) is 8.42 Å². The number of sulfonamides is 1. The molecule has 1 fully saturated rings. The lowest BCUT2D eigenvalue weighted by molar-refractivity contribution is -0.120. The number of nitrogens with zero attached hydrogens (tertiary/aromatic N) is 2. The highest BCUT2D eigenvalue weighted by Crippen LogP contribution is 2.30. The van der Waals surface area contributed by atoms with E-state index in [0.29, 0.717) is 30.0 Å². The molecule has 1 aliphatic heterocycles. The van der Waals surface area contributed by atoms with E-state index in [2.05, 4.69) is 10.5 Å². The van der Waals surface area contributed by atoms with Gasteiger partial charge in [0.05, 0.1) is 7.11 Å². The molecular weight excluding hydrogens is 466 g/mol. The number of methoxy groups -OCH3 is 1. The third kappa shape index (κ3) is 5.63. The first-order chi connectivity index (χ1) is 16.8. The van der Waals surface area contributed by atoms with Crippen molar-refractivity contribution in [2.45, 2.75) is 31.6 Å². The minimum Gasteiger partial charge on any atom is -0.497 e. The van der Waals surface area contributed by atoms with Crippen molar-refractivity contribution in [2.75, 3.05) is 25.5 Å². The third-order valence-corrected chi connectivity index (χ3v) is 8.18. The van der Waals surface area contributed by atoms with Gasteiger partial charge in [0, 0.05) is 24.7 Å². The summed E-state index contributed by atoms with van der Waals surface area (Å²) in [5.74, 6) is 0.518. The van der Waals surface area contributed by atoms with Crippen LogP contribution in [0.25, 0.3) is 12.2 Å². The molecule has 1 N–H and O–H groups in total.